The van der Waals surface area contributed by atoms with E-state index in [0.29, 0.717) is 6.10 Å². The molecule has 1 fully saturated rings. The Balaban J connectivity index is 1.73. The van der Waals surface area contributed by atoms with Crippen molar-refractivity contribution < 1.29 is 14.2 Å². The number of methoxy groups -OCH3 is 2. The Bertz CT molecular complexity index is 634. The Kier molecular flexibility index (Phi) is 5.03. The zero-order valence-electron chi connectivity index (χ0n) is 13.7. The quantitative estimate of drug-likeness (QED) is 0.917. The van der Waals surface area contributed by atoms with Crippen LogP contribution in [0.3, 0.4) is 0 Å². The molecule has 0 aromatic heterocycles. The van der Waals surface area contributed by atoms with E-state index in [-0.39, 0.29) is 0 Å². The van der Waals surface area contributed by atoms with Crippen LogP contribution in [0.4, 0.5) is 0 Å². The second-order valence-electron chi connectivity index (χ2n) is 5.66. The summed E-state index contributed by atoms with van der Waals surface area (Å²) in [7, 11) is 3.29. The summed E-state index contributed by atoms with van der Waals surface area (Å²) in [6, 6.07) is 14.2. The molecule has 0 bridgehead atoms. The van der Waals surface area contributed by atoms with Gasteiger partial charge in [0.25, 0.3) is 0 Å². The Labute approximate surface area is 137 Å². The van der Waals surface area contributed by atoms with E-state index in [1.54, 1.807) is 14.2 Å². The number of rotatable bonds is 5. The number of piperidine rings is 1. The second-order valence-corrected chi connectivity index (χ2v) is 5.66. The average molecular weight is 313 g/mol. The lowest BCUT2D eigenvalue weighted by atomic mass is 10.0. The molecule has 0 spiro atoms. The summed E-state index contributed by atoms with van der Waals surface area (Å²) in [5.74, 6) is 2.41. The van der Waals surface area contributed by atoms with Crippen LogP contribution in [-0.4, -0.2) is 33.4 Å². The van der Waals surface area contributed by atoms with Gasteiger partial charge in [-0.2, -0.15) is 0 Å². The van der Waals surface area contributed by atoms with Crippen LogP contribution in [0, 0.1) is 0 Å². The maximum atomic E-state index is 6.04. The van der Waals surface area contributed by atoms with Crippen molar-refractivity contribution in [2.24, 2.45) is 0 Å². The first kappa shape index (κ1) is 15.7. The third-order valence-corrected chi connectivity index (χ3v) is 4.16. The van der Waals surface area contributed by atoms with Crippen molar-refractivity contribution >= 4 is 0 Å². The van der Waals surface area contributed by atoms with Crippen molar-refractivity contribution in [3.63, 3.8) is 0 Å². The normalized spacial score (nSPS) is 15.2. The second kappa shape index (κ2) is 7.38. The number of benzene rings is 2. The van der Waals surface area contributed by atoms with Crippen LogP contribution in [0.5, 0.6) is 17.2 Å². The third kappa shape index (κ3) is 3.77. The summed E-state index contributed by atoms with van der Waals surface area (Å²) < 4.78 is 16.7. The Morgan fingerprint density at radius 1 is 0.826 bits per heavy atom. The first-order chi connectivity index (χ1) is 11.3. The minimum Gasteiger partial charge on any atom is -0.493 e. The molecule has 2 aromatic rings. The van der Waals surface area contributed by atoms with Crippen LogP contribution < -0.4 is 19.5 Å². The van der Waals surface area contributed by atoms with E-state index in [0.717, 1.165) is 54.3 Å². The van der Waals surface area contributed by atoms with Crippen molar-refractivity contribution in [3.8, 4) is 28.4 Å². The van der Waals surface area contributed by atoms with Crippen LogP contribution in [0.25, 0.3) is 11.1 Å². The minimum atomic E-state index is 0.322. The molecule has 1 heterocycles. The van der Waals surface area contributed by atoms with Crippen LogP contribution in [0.15, 0.2) is 42.5 Å². The highest BCUT2D eigenvalue weighted by molar-refractivity contribution is 5.67. The molecule has 0 aliphatic carbocycles. The van der Waals surface area contributed by atoms with Gasteiger partial charge in [-0.3, -0.25) is 0 Å². The van der Waals surface area contributed by atoms with Gasteiger partial charge in [0.1, 0.15) is 11.9 Å². The van der Waals surface area contributed by atoms with Crippen molar-refractivity contribution in [1.82, 2.24) is 5.32 Å². The third-order valence-electron chi connectivity index (χ3n) is 4.16. The minimum absolute atomic E-state index is 0.322. The number of nitrogens with one attached hydrogen (secondary N) is 1. The molecule has 0 unspecified atom stereocenters. The smallest absolute Gasteiger partial charge is 0.161 e. The molecule has 4 nitrogen and oxygen atoms in total. The van der Waals surface area contributed by atoms with Crippen molar-refractivity contribution in [2.45, 2.75) is 18.9 Å². The highest BCUT2D eigenvalue weighted by Crippen LogP contribution is 2.33. The summed E-state index contributed by atoms with van der Waals surface area (Å²) in [5.41, 5.74) is 2.22. The van der Waals surface area contributed by atoms with Gasteiger partial charge in [0.2, 0.25) is 0 Å². The molecule has 1 aliphatic rings. The average Bonchev–Trinajstić information content (AvgIpc) is 2.62. The Morgan fingerprint density at radius 3 is 2.13 bits per heavy atom. The fraction of sp³-hybridized carbons (Fsp3) is 0.368. The molecule has 1 aliphatic heterocycles. The van der Waals surface area contributed by atoms with E-state index in [1.807, 2.05) is 30.3 Å². The largest absolute Gasteiger partial charge is 0.493 e. The maximum absolute atomic E-state index is 6.04. The van der Waals surface area contributed by atoms with Gasteiger partial charge in [-0.25, -0.2) is 0 Å². The molecule has 0 amide bonds. The topological polar surface area (TPSA) is 39.7 Å². The molecular formula is C19H23NO3. The van der Waals surface area contributed by atoms with Gasteiger partial charge in [-0.15, -0.1) is 0 Å². The predicted octanol–water partition coefficient (Wildman–Crippen LogP) is 3.50. The van der Waals surface area contributed by atoms with Gasteiger partial charge < -0.3 is 19.5 Å². The predicted molar refractivity (Wildman–Crippen MR) is 91.5 cm³/mol. The summed E-state index contributed by atoms with van der Waals surface area (Å²) in [6.07, 6.45) is 2.46. The van der Waals surface area contributed by atoms with E-state index in [1.165, 1.54) is 0 Å². The van der Waals surface area contributed by atoms with Crippen molar-refractivity contribution in [2.75, 3.05) is 27.3 Å². The molecule has 122 valence electrons. The first-order valence-electron chi connectivity index (χ1n) is 8.00. The van der Waals surface area contributed by atoms with Crippen LogP contribution >= 0.6 is 0 Å². The molecule has 0 atom stereocenters. The molecule has 3 rings (SSSR count). The molecule has 1 saturated heterocycles. The highest BCUT2D eigenvalue weighted by Gasteiger charge is 2.14. The van der Waals surface area contributed by atoms with E-state index >= 15 is 0 Å². The SMILES string of the molecule is COc1ccc(-c2ccc(OC3CCNCC3)cc2)cc1OC. The summed E-state index contributed by atoms with van der Waals surface area (Å²) >= 11 is 0. The monoisotopic (exact) mass is 313 g/mol. The fourth-order valence-electron chi connectivity index (χ4n) is 2.85. The van der Waals surface area contributed by atoms with Gasteiger partial charge in [0, 0.05) is 0 Å². The molecule has 1 N–H and O–H groups in total. The van der Waals surface area contributed by atoms with E-state index in [4.69, 9.17) is 14.2 Å². The van der Waals surface area contributed by atoms with Crippen molar-refractivity contribution in [3.05, 3.63) is 42.5 Å². The molecule has 23 heavy (non-hydrogen) atoms. The zero-order valence-corrected chi connectivity index (χ0v) is 13.7. The van der Waals surface area contributed by atoms with Gasteiger partial charge >= 0.3 is 0 Å². The number of hydrogen-bond donors (Lipinski definition) is 1. The first-order valence-corrected chi connectivity index (χ1v) is 8.00. The Morgan fingerprint density at radius 2 is 1.48 bits per heavy atom. The molecule has 0 saturated carbocycles. The highest BCUT2D eigenvalue weighted by atomic mass is 16.5. The Hall–Kier alpha value is -2.20. The van der Waals surface area contributed by atoms with Crippen LogP contribution in [0.2, 0.25) is 0 Å². The summed E-state index contributed by atoms with van der Waals surface area (Å²) in [4.78, 5) is 0. The van der Waals surface area contributed by atoms with E-state index in [9.17, 15) is 0 Å². The lowest BCUT2D eigenvalue weighted by Gasteiger charge is -2.23. The molecule has 0 radical (unpaired) electrons. The maximum Gasteiger partial charge on any atom is 0.161 e. The van der Waals surface area contributed by atoms with Crippen molar-refractivity contribution in [1.29, 1.82) is 0 Å². The number of ether oxygens (including phenoxy) is 3. The lowest BCUT2D eigenvalue weighted by Crippen LogP contribution is -2.34. The van der Waals surface area contributed by atoms with Gasteiger partial charge in [0.15, 0.2) is 11.5 Å². The van der Waals surface area contributed by atoms with E-state index < -0.39 is 0 Å². The zero-order chi connectivity index (χ0) is 16.1. The van der Waals surface area contributed by atoms with Crippen LogP contribution in [-0.2, 0) is 0 Å². The standard InChI is InChI=1S/C19H23NO3/c1-21-18-8-5-15(13-19(18)22-2)14-3-6-16(7-4-14)23-17-9-11-20-12-10-17/h3-8,13,17,20H,9-12H2,1-2H3. The molecule has 2 aromatic carbocycles. The van der Waals surface area contributed by atoms with Gasteiger partial charge in [-0.05, 0) is 61.3 Å². The van der Waals surface area contributed by atoms with E-state index in [2.05, 4.69) is 17.4 Å². The fourth-order valence-corrected chi connectivity index (χ4v) is 2.85. The van der Waals surface area contributed by atoms with Gasteiger partial charge in [-0.1, -0.05) is 18.2 Å². The van der Waals surface area contributed by atoms with Crippen LogP contribution in [0.1, 0.15) is 12.8 Å². The van der Waals surface area contributed by atoms with Gasteiger partial charge in [0.05, 0.1) is 14.2 Å². The lowest BCUT2D eigenvalue weighted by molar-refractivity contribution is 0.162. The molecular weight excluding hydrogens is 290 g/mol. The summed E-state index contributed by atoms with van der Waals surface area (Å²) in [6.45, 7) is 2.07. The molecule has 4 heteroatoms. The summed E-state index contributed by atoms with van der Waals surface area (Å²) in [5, 5.41) is 3.35. The number of hydrogen-bond acceptors (Lipinski definition) is 4.